The van der Waals surface area contributed by atoms with Crippen molar-refractivity contribution in [2.45, 2.75) is 50.2 Å². The van der Waals surface area contributed by atoms with Crippen LogP contribution in [0.3, 0.4) is 0 Å². The second-order valence-electron chi connectivity index (χ2n) is 6.94. The first-order chi connectivity index (χ1) is 11.3. The highest BCUT2D eigenvalue weighted by Gasteiger charge is 2.57. The third kappa shape index (κ3) is 2.95. The maximum absolute atomic E-state index is 11.9. The van der Waals surface area contributed by atoms with Crippen LogP contribution in [0.5, 0.6) is 0 Å². The summed E-state index contributed by atoms with van der Waals surface area (Å²) in [5, 5.41) is 2.94. The first-order valence-corrected chi connectivity index (χ1v) is 8.67. The van der Waals surface area contributed by atoms with E-state index >= 15 is 0 Å². The van der Waals surface area contributed by atoms with Crippen molar-refractivity contribution >= 4 is 6.03 Å². The van der Waals surface area contributed by atoms with Crippen molar-refractivity contribution in [3.05, 3.63) is 35.4 Å². The Morgan fingerprint density at radius 2 is 2.26 bits per heavy atom. The van der Waals surface area contributed by atoms with Gasteiger partial charge in [-0.2, -0.15) is 0 Å². The molecule has 1 heterocycles. The SMILES string of the molecule is O=C(NC[C@@H]1C[C@@]12CCc1ccccc12)NO[C@@H]1CCCCO1. The Morgan fingerprint density at radius 1 is 1.35 bits per heavy atom. The fourth-order valence-corrected chi connectivity index (χ4v) is 4.18. The average Bonchev–Trinajstić information content (AvgIpc) is 3.19. The fourth-order valence-electron chi connectivity index (χ4n) is 4.18. The second kappa shape index (κ2) is 6.13. The molecule has 1 saturated carbocycles. The van der Waals surface area contributed by atoms with Gasteiger partial charge in [0.1, 0.15) is 0 Å². The van der Waals surface area contributed by atoms with Crippen LogP contribution >= 0.6 is 0 Å². The van der Waals surface area contributed by atoms with Crippen LogP contribution in [0.15, 0.2) is 24.3 Å². The minimum Gasteiger partial charge on any atom is -0.350 e. The van der Waals surface area contributed by atoms with Crippen molar-refractivity contribution in [2.24, 2.45) is 5.92 Å². The van der Waals surface area contributed by atoms with Crippen LogP contribution in [0.4, 0.5) is 4.79 Å². The van der Waals surface area contributed by atoms with Gasteiger partial charge in [0.25, 0.3) is 0 Å². The lowest BCUT2D eigenvalue weighted by Crippen LogP contribution is -2.40. The molecule has 0 aromatic heterocycles. The molecule has 5 heteroatoms. The average molecular weight is 316 g/mol. The van der Waals surface area contributed by atoms with E-state index < -0.39 is 0 Å². The van der Waals surface area contributed by atoms with Gasteiger partial charge in [0.2, 0.25) is 0 Å². The van der Waals surface area contributed by atoms with E-state index in [2.05, 4.69) is 35.1 Å². The summed E-state index contributed by atoms with van der Waals surface area (Å²) in [5.74, 6) is 0.544. The lowest BCUT2D eigenvalue weighted by atomic mass is 9.95. The van der Waals surface area contributed by atoms with Gasteiger partial charge >= 0.3 is 6.03 Å². The van der Waals surface area contributed by atoms with E-state index in [0.717, 1.165) is 19.3 Å². The van der Waals surface area contributed by atoms with Crippen LogP contribution in [0, 0.1) is 5.92 Å². The molecule has 1 spiro atoms. The van der Waals surface area contributed by atoms with Crippen LogP contribution in [-0.2, 0) is 21.4 Å². The first kappa shape index (κ1) is 15.0. The molecule has 2 aliphatic carbocycles. The lowest BCUT2D eigenvalue weighted by Gasteiger charge is -2.22. The molecule has 23 heavy (non-hydrogen) atoms. The molecule has 0 unspecified atom stereocenters. The summed E-state index contributed by atoms with van der Waals surface area (Å²) in [6.07, 6.45) is 6.24. The maximum atomic E-state index is 11.9. The first-order valence-electron chi connectivity index (χ1n) is 8.67. The summed E-state index contributed by atoms with van der Waals surface area (Å²) in [7, 11) is 0. The van der Waals surface area contributed by atoms with Crippen LogP contribution < -0.4 is 10.8 Å². The van der Waals surface area contributed by atoms with Crippen molar-refractivity contribution in [1.82, 2.24) is 10.8 Å². The molecule has 0 bridgehead atoms. The van der Waals surface area contributed by atoms with Gasteiger partial charge in [0.15, 0.2) is 6.29 Å². The highest BCUT2D eigenvalue weighted by atomic mass is 16.8. The Morgan fingerprint density at radius 3 is 3.13 bits per heavy atom. The number of hydrogen-bond acceptors (Lipinski definition) is 3. The quantitative estimate of drug-likeness (QED) is 0.840. The maximum Gasteiger partial charge on any atom is 0.338 e. The summed E-state index contributed by atoms with van der Waals surface area (Å²) in [5.41, 5.74) is 5.76. The molecular weight excluding hydrogens is 292 g/mol. The molecule has 1 aliphatic heterocycles. The normalized spacial score (nSPS) is 31.7. The number of benzene rings is 1. The van der Waals surface area contributed by atoms with Gasteiger partial charge in [-0.15, -0.1) is 0 Å². The summed E-state index contributed by atoms with van der Waals surface area (Å²) in [6.45, 7) is 1.41. The molecule has 3 atom stereocenters. The predicted molar refractivity (Wildman–Crippen MR) is 85.8 cm³/mol. The number of rotatable bonds is 4. The minimum absolute atomic E-state index is 0.271. The summed E-state index contributed by atoms with van der Waals surface area (Å²) < 4.78 is 5.42. The number of carbonyl (C=O) groups is 1. The largest absolute Gasteiger partial charge is 0.350 e. The summed E-state index contributed by atoms with van der Waals surface area (Å²) >= 11 is 0. The van der Waals surface area contributed by atoms with Crippen molar-refractivity contribution in [2.75, 3.05) is 13.2 Å². The minimum atomic E-state index is -0.302. The third-order valence-corrected chi connectivity index (χ3v) is 5.56. The Bertz CT molecular complexity index is 585. The molecule has 2 fully saturated rings. The van der Waals surface area contributed by atoms with Crippen LogP contribution in [0.2, 0.25) is 0 Å². The highest BCUT2D eigenvalue weighted by Crippen LogP contribution is 2.61. The molecule has 1 aromatic carbocycles. The number of aryl methyl sites for hydroxylation is 1. The number of fused-ring (bicyclic) bond motifs is 2. The molecule has 1 saturated heterocycles. The molecule has 1 aromatic rings. The van der Waals surface area contributed by atoms with E-state index in [-0.39, 0.29) is 12.3 Å². The number of ether oxygens (including phenoxy) is 1. The fraction of sp³-hybridized carbons (Fsp3) is 0.611. The molecular formula is C18H24N2O3. The van der Waals surface area contributed by atoms with Crippen molar-refractivity contribution in [3.63, 3.8) is 0 Å². The zero-order valence-corrected chi connectivity index (χ0v) is 13.3. The van der Waals surface area contributed by atoms with Crippen molar-refractivity contribution < 1.29 is 14.4 Å². The number of urea groups is 1. The monoisotopic (exact) mass is 316 g/mol. The second-order valence-corrected chi connectivity index (χ2v) is 6.94. The van der Waals surface area contributed by atoms with Gasteiger partial charge in [0, 0.05) is 25.0 Å². The van der Waals surface area contributed by atoms with E-state index in [9.17, 15) is 4.79 Å². The Kier molecular flexibility index (Phi) is 3.99. The van der Waals surface area contributed by atoms with Gasteiger partial charge in [-0.1, -0.05) is 24.3 Å². The number of nitrogens with one attached hydrogen (secondary N) is 2. The number of amides is 2. The van der Waals surface area contributed by atoms with E-state index in [1.54, 1.807) is 0 Å². The van der Waals surface area contributed by atoms with Gasteiger partial charge in [-0.3, -0.25) is 0 Å². The van der Waals surface area contributed by atoms with Crippen molar-refractivity contribution in [1.29, 1.82) is 0 Å². The summed E-state index contributed by atoms with van der Waals surface area (Å²) in [4.78, 5) is 17.2. The number of hydrogen-bond donors (Lipinski definition) is 2. The molecule has 0 radical (unpaired) electrons. The van der Waals surface area contributed by atoms with Gasteiger partial charge in [0.05, 0.1) is 0 Å². The number of carbonyl (C=O) groups excluding carboxylic acids is 1. The standard InChI is InChI=1S/C18H24N2O3/c21-17(20-23-16-7-3-4-10-22-16)19-12-14-11-18(14)9-8-13-5-1-2-6-15(13)18/h1-2,5-6,14,16H,3-4,7-12H2,(H2,19,20,21)/t14-,16+,18-/m0/s1. The molecule has 2 N–H and O–H groups in total. The molecule has 5 nitrogen and oxygen atoms in total. The zero-order chi connectivity index (χ0) is 15.7. The Labute approximate surface area is 136 Å². The van der Waals surface area contributed by atoms with E-state index in [1.807, 2.05) is 0 Å². The number of hydroxylamine groups is 1. The van der Waals surface area contributed by atoms with Crippen molar-refractivity contribution in [3.8, 4) is 0 Å². The molecule has 3 aliphatic rings. The van der Waals surface area contributed by atoms with Gasteiger partial charge in [-0.25, -0.2) is 15.1 Å². The van der Waals surface area contributed by atoms with Gasteiger partial charge < -0.3 is 10.1 Å². The van der Waals surface area contributed by atoms with E-state index in [4.69, 9.17) is 9.57 Å². The third-order valence-electron chi connectivity index (χ3n) is 5.56. The molecule has 124 valence electrons. The van der Waals surface area contributed by atoms with Crippen LogP contribution in [-0.4, -0.2) is 25.5 Å². The lowest BCUT2D eigenvalue weighted by molar-refractivity contribution is -0.186. The predicted octanol–water partition coefficient (Wildman–Crippen LogP) is 2.65. The highest BCUT2D eigenvalue weighted by molar-refractivity contribution is 5.72. The molecule has 2 amide bonds. The van der Waals surface area contributed by atoms with Crippen LogP contribution in [0.1, 0.15) is 43.2 Å². The zero-order valence-electron chi connectivity index (χ0n) is 13.3. The Hall–Kier alpha value is -1.59. The van der Waals surface area contributed by atoms with E-state index in [1.165, 1.54) is 30.4 Å². The van der Waals surface area contributed by atoms with Gasteiger partial charge in [-0.05, 0) is 49.1 Å². The van der Waals surface area contributed by atoms with E-state index in [0.29, 0.717) is 24.5 Å². The Balaban J connectivity index is 1.23. The smallest absolute Gasteiger partial charge is 0.338 e. The summed E-state index contributed by atoms with van der Waals surface area (Å²) in [6, 6.07) is 8.46. The topological polar surface area (TPSA) is 59.6 Å². The molecule has 4 rings (SSSR count). The van der Waals surface area contributed by atoms with Crippen LogP contribution in [0.25, 0.3) is 0 Å².